The van der Waals surface area contributed by atoms with Gasteiger partial charge in [0.1, 0.15) is 12.7 Å². The Morgan fingerprint density at radius 3 is 1.88 bits per heavy atom. The van der Waals surface area contributed by atoms with Crippen molar-refractivity contribution in [1.82, 2.24) is 0 Å². The molecule has 0 aromatic heterocycles. The number of carbonyl (C=O) groups excluding carboxylic acids is 1. The largest absolute Gasteiger partial charge is 0.509 e. The van der Waals surface area contributed by atoms with Crippen molar-refractivity contribution in [2.45, 2.75) is 12.2 Å². The van der Waals surface area contributed by atoms with Gasteiger partial charge in [-0.2, -0.15) is 0 Å². The Labute approximate surface area is 142 Å². The van der Waals surface area contributed by atoms with Crippen LogP contribution in [0.4, 0.5) is 4.79 Å². The number of hydrogen-bond donors (Lipinski definition) is 0. The van der Waals surface area contributed by atoms with Crippen LogP contribution in [0.25, 0.3) is 0 Å². The molecule has 0 spiro atoms. The van der Waals surface area contributed by atoms with Crippen molar-refractivity contribution in [3.63, 3.8) is 0 Å². The van der Waals surface area contributed by atoms with Crippen molar-refractivity contribution in [3.05, 3.63) is 71.8 Å². The maximum atomic E-state index is 12.0. The molecule has 0 bridgehead atoms. The number of methoxy groups -OCH3 is 2. The summed E-state index contributed by atoms with van der Waals surface area (Å²) in [5, 5.41) is 0. The van der Waals surface area contributed by atoms with Gasteiger partial charge < -0.3 is 18.9 Å². The predicted octanol–water partition coefficient (Wildman–Crippen LogP) is 3.92. The Balaban J connectivity index is 1.91. The average molecular weight is 330 g/mol. The van der Waals surface area contributed by atoms with Crippen molar-refractivity contribution in [3.8, 4) is 0 Å². The van der Waals surface area contributed by atoms with Gasteiger partial charge in [0.25, 0.3) is 0 Å². The number of ether oxygens (including phenoxy) is 4. The fourth-order valence-corrected chi connectivity index (χ4v) is 2.28. The topological polar surface area (TPSA) is 54.0 Å². The van der Waals surface area contributed by atoms with Crippen molar-refractivity contribution in [1.29, 1.82) is 0 Å². The quantitative estimate of drug-likeness (QED) is 0.687. The summed E-state index contributed by atoms with van der Waals surface area (Å²) in [4.78, 5) is 12.0. The molecular weight excluding hydrogens is 308 g/mol. The molecule has 0 saturated heterocycles. The molecule has 0 aliphatic carbocycles. The second-order valence-electron chi connectivity index (χ2n) is 5.17. The maximum Gasteiger partial charge on any atom is 0.509 e. The second-order valence-corrected chi connectivity index (χ2v) is 5.17. The summed E-state index contributed by atoms with van der Waals surface area (Å²) in [5.74, 6) is 0. The molecule has 2 aromatic carbocycles. The van der Waals surface area contributed by atoms with Crippen LogP contribution in [0.1, 0.15) is 23.3 Å². The molecule has 0 saturated carbocycles. The van der Waals surface area contributed by atoms with Crippen molar-refractivity contribution in [2.75, 3.05) is 27.4 Å². The third kappa shape index (κ3) is 5.37. The molecule has 0 aliphatic rings. The molecule has 0 fully saturated rings. The maximum absolute atomic E-state index is 12.0. The minimum atomic E-state index is -0.751. The van der Waals surface area contributed by atoms with Crippen molar-refractivity contribution < 1.29 is 23.7 Å². The molecule has 0 aliphatic heterocycles. The minimum absolute atomic E-state index is 0.0772. The van der Waals surface area contributed by atoms with E-state index in [2.05, 4.69) is 0 Å². The normalized spacial score (nSPS) is 13.1. The molecule has 0 heterocycles. The van der Waals surface area contributed by atoms with Gasteiger partial charge in [-0.25, -0.2) is 4.79 Å². The highest BCUT2D eigenvalue weighted by Gasteiger charge is 2.19. The van der Waals surface area contributed by atoms with Gasteiger partial charge in [-0.3, -0.25) is 0 Å². The first-order valence-corrected chi connectivity index (χ1v) is 7.69. The van der Waals surface area contributed by atoms with Gasteiger partial charge in [-0.15, -0.1) is 0 Å². The zero-order valence-corrected chi connectivity index (χ0v) is 13.9. The Hall–Kier alpha value is -2.37. The summed E-state index contributed by atoms with van der Waals surface area (Å²) in [5.41, 5.74) is 1.78. The molecule has 128 valence electrons. The van der Waals surface area contributed by atoms with E-state index in [4.69, 9.17) is 18.9 Å². The lowest BCUT2D eigenvalue weighted by molar-refractivity contribution is -0.0303. The minimum Gasteiger partial charge on any atom is -0.431 e. The van der Waals surface area contributed by atoms with E-state index in [1.54, 1.807) is 14.2 Å². The molecule has 5 nitrogen and oxygen atoms in total. The highest BCUT2D eigenvalue weighted by atomic mass is 16.7. The molecule has 2 aromatic rings. The number of rotatable bonds is 8. The van der Waals surface area contributed by atoms with Crippen LogP contribution in [0, 0.1) is 0 Å². The first-order valence-electron chi connectivity index (χ1n) is 7.69. The van der Waals surface area contributed by atoms with Crippen molar-refractivity contribution >= 4 is 6.16 Å². The van der Waals surface area contributed by atoms with Crippen LogP contribution in [-0.2, 0) is 18.9 Å². The molecule has 0 radical (unpaired) electrons. The van der Waals surface area contributed by atoms with Crippen LogP contribution >= 0.6 is 0 Å². The summed E-state index contributed by atoms with van der Waals surface area (Å²) < 4.78 is 21.1. The van der Waals surface area contributed by atoms with Gasteiger partial charge in [-0.05, 0) is 11.1 Å². The fraction of sp³-hybridized carbons (Fsp3) is 0.316. The Bertz CT molecular complexity index is 600. The first kappa shape index (κ1) is 18.0. The third-order valence-corrected chi connectivity index (χ3v) is 3.54. The highest BCUT2D eigenvalue weighted by Crippen LogP contribution is 2.20. The Morgan fingerprint density at radius 2 is 1.38 bits per heavy atom. The standard InChI is InChI=1S/C19H22O5/c1-21-13-18(16-11-7-4-8-12-16)24-19(20)23-14-17(22-2)15-9-5-3-6-10-15/h3-12,17-18H,13-14H2,1-2H3/t17-,18+/m1/s1. The van der Waals surface area contributed by atoms with Gasteiger partial charge in [0.15, 0.2) is 6.10 Å². The van der Waals surface area contributed by atoms with E-state index in [0.717, 1.165) is 11.1 Å². The van der Waals surface area contributed by atoms with Crippen LogP contribution in [0.2, 0.25) is 0 Å². The summed E-state index contributed by atoms with van der Waals surface area (Å²) in [6.07, 6.45) is -1.60. The third-order valence-electron chi connectivity index (χ3n) is 3.54. The van der Waals surface area contributed by atoms with E-state index < -0.39 is 12.3 Å². The summed E-state index contributed by atoms with van der Waals surface area (Å²) in [7, 11) is 3.13. The Kier molecular flexibility index (Phi) is 7.26. The molecule has 24 heavy (non-hydrogen) atoms. The zero-order valence-electron chi connectivity index (χ0n) is 13.9. The van der Waals surface area contributed by atoms with E-state index in [0.29, 0.717) is 0 Å². The molecular formula is C19H22O5. The van der Waals surface area contributed by atoms with Crippen LogP contribution in [0.5, 0.6) is 0 Å². The van der Waals surface area contributed by atoms with Gasteiger partial charge >= 0.3 is 6.16 Å². The molecule has 0 amide bonds. The number of hydrogen-bond acceptors (Lipinski definition) is 5. The van der Waals surface area contributed by atoms with E-state index in [1.807, 2.05) is 60.7 Å². The van der Waals surface area contributed by atoms with Crippen LogP contribution in [-0.4, -0.2) is 33.6 Å². The first-order chi connectivity index (χ1) is 11.7. The van der Waals surface area contributed by atoms with Crippen molar-refractivity contribution in [2.24, 2.45) is 0 Å². The average Bonchev–Trinajstić information content (AvgIpc) is 2.63. The molecule has 0 unspecified atom stereocenters. The Morgan fingerprint density at radius 1 is 0.833 bits per heavy atom. The lowest BCUT2D eigenvalue weighted by Gasteiger charge is -2.19. The van der Waals surface area contributed by atoms with E-state index in [-0.39, 0.29) is 19.3 Å². The van der Waals surface area contributed by atoms with Gasteiger partial charge in [-0.1, -0.05) is 60.7 Å². The molecule has 5 heteroatoms. The zero-order chi connectivity index (χ0) is 17.2. The molecule has 0 N–H and O–H groups in total. The monoisotopic (exact) mass is 330 g/mol. The summed E-state index contributed by atoms with van der Waals surface area (Å²) in [6, 6.07) is 19.0. The smallest absolute Gasteiger partial charge is 0.431 e. The van der Waals surface area contributed by atoms with Crippen LogP contribution in [0.3, 0.4) is 0 Å². The van der Waals surface area contributed by atoms with Crippen LogP contribution < -0.4 is 0 Å². The lowest BCUT2D eigenvalue weighted by Crippen LogP contribution is -2.19. The SMILES string of the molecule is COC[C@H](OC(=O)OC[C@@H](OC)c1ccccc1)c1ccccc1. The predicted molar refractivity (Wildman–Crippen MR) is 89.7 cm³/mol. The van der Waals surface area contributed by atoms with E-state index >= 15 is 0 Å². The van der Waals surface area contributed by atoms with Gasteiger partial charge in [0.05, 0.1) is 6.61 Å². The van der Waals surface area contributed by atoms with Gasteiger partial charge in [0, 0.05) is 14.2 Å². The molecule has 2 atom stereocenters. The van der Waals surface area contributed by atoms with E-state index in [9.17, 15) is 4.79 Å². The van der Waals surface area contributed by atoms with E-state index in [1.165, 1.54) is 0 Å². The molecule has 2 rings (SSSR count). The van der Waals surface area contributed by atoms with Crippen LogP contribution in [0.15, 0.2) is 60.7 Å². The van der Waals surface area contributed by atoms with Gasteiger partial charge in [0.2, 0.25) is 0 Å². The number of benzene rings is 2. The summed E-state index contributed by atoms with van der Waals surface area (Å²) >= 11 is 0. The highest BCUT2D eigenvalue weighted by molar-refractivity contribution is 5.60. The fourth-order valence-electron chi connectivity index (χ4n) is 2.28. The lowest BCUT2D eigenvalue weighted by atomic mass is 10.1. The summed E-state index contributed by atoms with van der Waals surface area (Å²) in [6.45, 7) is 0.333. The second kappa shape index (κ2) is 9.70. The number of carbonyl (C=O) groups is 1.